The number of ether oxygens (including phenoxy) is 1. The number of hydrogen-bond acceptors (Lipinski definition) is 6. The van der Waals surface area contributed by atoms with Gasteiger partial charge in [0.1, 0.15) is 0 Å². The van der Waals surface area contributed by atoms with Crippen LogP contribution in [-0.2, 0) is 11.3 Å². The summed E-state index contributed by atoms with van der Waals surface area (Å²) in [6, 6.07) is 0.515. The standard InChI is InChI=1S/C12H22N4O2/c1-12(2)6-9(12)7-14-11-16-15-10(18-11)8-13-4-5-17-3/h9,13H,4-8H2,1-3H3,(H,14,16). The summed E-state index contributed by atoms with van der Waals surface area (Å²) in [5.41, 5.74) is 0.470. The minimum Gasteiger partial charge on any atom is -0.407 e. The molecular formula is C12H22N4O2. The van der Waals surface area contributed by atoms with E-state index < -0.39 is 0 Å². The van der Waals surface area contributed by atoms with Crippen molar-refractivity contribution in [2.24, 2.45) is 11.3 Å². The zero-order chi connectivity index (χ0) is 13.0. The van der Waals surface area contributed by atoms with Crippen LogP contribution in [-0.4, -0.2) is 37.0 Å². The summed E-state index contributed by atoms with van der Waals surface area (Å²) < 4.78 is 10.4. The zero-order valence-corrected chi connectivity index (χ0v) is 11.3. The first kappa shape index (κ1) is 13.3. The Morgan fingerprint density at radius 2 is 2.22 bits per heavy atom. The van der Waals surface area contributed by atoms with Crippen LogP contribution in [0.1, 0.15) is 26.2 Å². The minimum absolute atomic E-state index is 0.470. The average molecular weight is 254 g/mol. The Morgan fingerprint density at radius 1 is 1.44 bits per heavy atom. The normalized spacial score (nSPS) is 20.9. The second-order valence-electron chi connectivity index (χ2n) is 5.44. The van der Waals surface area contributed by atoms with Gasteiger partial charge in [0, 0.05) is 20.2 Å². The maximum atomic E-state index is 5.47. The van der Waals surface area contributed by atoms with Crippen LogP contribution in [0.3, 0.4) is 0 Å². The van der Waals surface area contributed by atoms with E-state index in [4.69, 9.17) is 9.15 Å². The summed E-state index contributed by atoms with van der Waals surface area (Å²) in [4.78, 5) is 0. The van der Waals surface area contributed by atoms with Crippen LogP contribution in [0, 0.1) is 11.3 Å². The number of rotatable bonds is 8. The monoisotopic (exact) mass is 254 g/mol. The highest BCUT2D eigenvalue weighted by Gasteiger charge is 2.45. The Balaban J connectivity index is 1.66. The van der Waals surface area contributed by atoms with Crippen LogP contribution in [0.15, 0.2) is 4.42 Å². The first-order valence-corrected chi connectivity index (χ1v) is 6.38. The lowest BCUT2D eigenvalue weighted by molar-refractivity contribution is 0.198. The fraction of sp³-hybridized carbons (Fsp3) is 0.833. The van der Waals surface area contributed by atoms with Crippen molar-refractivity contribution in [2.75, 3.05) is 32.1 Å². The van der Waals surface area contributed by atoms with Crippen LogP contribution < -0.4 is 10.6 Å². The lowest BCUT2D eigenvalue weighted by atomic mass is 10.1. The topological polar surface area (TPSA) is 72.2 Å². The van der Waals surface area contributed by atoms with Gasteiger partial charge in [0.05, 0.1) is 13.2 Å². The van der Waals surface area contributed by atoms with Crippen molar-refractivity contribution in [1.82, 2.24) is 15.5 Å². The quantitative estimate of drug-likeness (QED) is 0.681. The molecule has 0 amide bonds. The first-order valence-electron chi connectivity index (χ1n) is 6.38. The highest BCUT2D eigenvalue weighted by Crippen LogP contribution is 2.51. The minimum atomic E-state index is 0.470. The van der Waals surface area contributed by atoms with Gasteiger partial charge in [-0.15, -0.1) is 5.10 Å². The number of nitrogens with one attached hydrogen (secondary N) is 2. The Morgan fingerprint density at radius 3 is 2.89 bits per heavy atom. The van der Waals surface area contributed by atoms with Gasteiger partial charge in [0.2, 0.25) is 5.89 Å². The molecule has 1 atom stereocenters. The van der Waals surface area contributed by atoms with E-state index >= 15 is 0 Å². The molecule has 0 aliphatic heterocycles. The van der Waals surface area contributed by atoms with Gasteiger partial charge in [-0.1, -0.05) is 18.9 Å². The van der Waals surface area contributed by atoms with E-state index in [1.807, 2.05) is 0 Å². The molecule has 1 saturated carbocycles. The molecule has 2 N–H and O–H groups in total. The van der Waals surface area contributed by atoms with Gasteiger partial charge in [-0.3, -0.25) is 0 Å². The van der Waals surface area contributed by atoms with Crippen LogP contribution in [0.2, 0.25) is 0 Å². The Hall–Kier alpha value is -1.14. The van der Waals surface area contributed by atoms with Gasteiger partial charge in [-0.25, -0.2) is 0 Å². The third kappa shape index (κ3) is 3.68. The van der Waals surface area contributed by atoms with Crippen LogP contribution >= 0.6 is 0 Å². The molecule has 18 heavy (non-hydrogen) atoms. The van der Waals surface area contributed by atoms with Gasteiger partial charge >= 0.3 is 6.01 Å². The molecule has 0 radical (unpaired) electrons. The van der Waals surface area contributed by atoms with Crippen molar-refractivity contribution < 1.29 is 9.15 Å². The predicted octanol–water partition coefficient (Wildman–Crippen LogP) is 1.26. The summed E-state index contributed by atoms with van der Waals surface area (Å²) in [6.07, 6.45) is 1.26. The fourth-order valence-corrected chi connectivity index (χ4v) is 1.90. The number of anilines is 1. The molecule has 102 valence electrons. The largest absolute Gasteiger partial charge is 0.407 e. The fourth-order valence-electron chi connectivity index (χ4n) is 1.90. The van der Waals surface area contributed by atoms with E-state index in [1.54, 1.807) is 7.11 Å². The third-order valence-electron chi connectivity index (χ3n) is 3.44. The molecular weight excluding hydrogens is 232 g/mol. The van der Waals surface area contributed by atoms with Gasteiger partial charge < -0.3 is 19.8 Å². The molecule has 1 aromatic heterocycles. The van der Waals surface area contributed by atoms with Crippen molar-refractivity contribution in [3.63, 3.8) is 0 Å². The molecule has 6 heteroatoms. The maximum absolute atomic E-state index is 5.47. The van der Waals surface area contributed by atoms with Gasteiger partial charge in [-0.05, 0) is 17.8 Å². The maximum Gasteiger partial charge on any atom is 0.315 e. The highest BCUT2D eigenvalue weighted by atomic mass is 16.5. The van der Waals surface area contributed by atoms with Crippen molar-refractivity contribution in [1.29, 1.82) is 0 Å². The number of hydrogen-bond donors (Lipinski definition) is 2. The molecule has 0 bridgehead atoms. The van der Waals surface area contributed by atoms with Crippen molar-refractivity contribution in [2.45, 2.75) is 26.8 Å². The lowest BCUT2D eigenvalue weighted by Crippen LogP contribution is -2.18. The second kappa shape index (κ2) is 5.67. The van der Waals surface area contributed by atoms with Gasteiger partial charge in [0.25, 0.3) is 0 Å². The van der Waals surface area contributed by atoms with Gasteiger partial charge in [-0.2, -0.15) is 0 Å². The van der Waals surface area contributed by atoms with Crippen LogP contribution in [0.5, 0.6) is 0 Å². The second-order valence-corrected chi connectivity index (χ2v) is 5.44. The lowest BCUT2D eigenvalue weighted by Gasteiger charge is -2.03. The summed E-state index contributed by atoms with van der Waals surface area (Å²) >= 11 is 0. The molecule has 1 heterocycles. The molecule has 1 aromatic rings. The molecule has 0 aromatic carbocycles. The van der Waals surface area contributed by atoms with E-state index in [1.165, 1.54) is 6.42 Å². The smallest absolute Gasteiger partial charge is 0.315 e. The number of methoxy groups -OCH3 is 1. The number of aromatic nitrogens is 2. The molecule has 1 unspecified atom stereocenters. The van der Waals surface area contributed by atoms with E-state index in [0.29, 0.717) is 36.4 Å². The summed E-state index contributed by atoms with van der Waals surface area (Å²) in [6.45, 7) is 7.49. The van der Waals surface area contributed by atoms with E-state index in [2.05, 4.69) is 34.7 Å². The Labute approximate surface area is 107 Å². The predicted molar refractivity (Wildman–Crippen MR) is 68.3 cm³/mol. The zero-order valence-electron chi connectivity index (χ0n) is 11.3. The van der Waals surface area contributed by atoms with Gasteiger partial charge in [0.15, 0.2) is 0 Å². The summed E-state index contributed by atoms with van der Waals surface area (Å²) in [7, 11) is 1.68. The van der Waals surface area contributed by atoms with Crippen LogP contribution in [0.25, 0.3) is 0 Å². The molecule has 0 spiro atoms. The van der Waals surface area contributed by atoms with E-state index in [-0.39, 0.29) is 0 Å². The Kier molecular flexibility index (Phi) is 4.19. The summed E-state index contributed by atoms with van der Waals surface area (Å²) in [5.74, 6) is 1.32. The third-order valence-corrected chi connectivity index (χ3v) is 3.44. The molecule has 1 aliphatic carbocycles. The molecule has 1 aliphatic rings. The van der Waals surface area contributed by atoms with Crippen molar-refractivity contribution >= 4 is 6.01 Å². The van der Waals surface area contributed by atoms with Crippen molar-refractivity contribution in [3.8, 4) is 0 Å². The first-order chi connectivity index (χ1) is 8.62. The van der Waals surface area contributed by atoms with Crippen LogP contribution in [0.4, 0.5) is 6.01 Å². The van der Waals surface area contributed by atoms with Crippen molar-refractivity contribution in [3.05, 3.63) is 5.89 Å². The Bertz CT molecular complexity index is 378. The number of nitrogens with zero attached hydrogens (tertiary/aromatic N) is 2. The summed E-state index contributed by atoms with van der Waals surface area (Å²) in [5, 5.41) is 14.3. The molecule has 6 nitrogen and oxygen atoms in total. The van der Waals surface area contributed by atoms with E-state index in [0.717, 1.165) is 13.1 Å². The molecule has 0 saturated heterocycles. The highest BCUT2D eigenvalue weighted by molar-refractivity contribution is 5.18. The molecule has 2 rings (SSSR count). The molecule has 1 fully saturated rings. The average Bonchev–Trinajstić information content (AvgIpc) is 2.76. The SMILES string of the molecule is COCCNCc1nnc(NCC2CC2(C)C)o1. The van der Waals surface area contributed by atoms with E-state index in [9.17, 15) is 0 Å².